The Hall–Kier alpha value is -2.54. The Morgan fingerprint density at radius 3 is 2.12 bits per heavy atom. The number of sulfonamides is 1. The predicted octanol–water partition coefficient (Wildman–Crippen LogP) is 3.30. The van der Waals surface area contributed by atoms with Crippen molar-refractivity contribution in [2.24, 2.45) is 0 Å². The predicted molar refractivity (Wildman–Crippen MR) is 105 cm³/mol. The topological polar surface area (TPSA) is 78.5 Å². The minimum absolute atomic E-state index is 0.00264. The molecule has 7 heteroatoms. The minimum atomic E-state index is -3.32. The van der Waals surface area contributed by atoms with Gasteiger partial charge in [0.25, 0.3) is 5.91 Å². The van der Waals surface area contributed by atoms with E-state index in [2.05, 4.69) is 14.9 Å². The number of nitrogens with zero attached hydrogens (tertiary/aromatic N) is 1. The van der Waals surface area contributed by atoms with Gasteiger partial charge in [-0.15, -0.1) is 0 Å². The number of hydrogen-bond acceptors (Lipinski definition) is 4. The molecular weight excluding hydrogens is 350 g/mol. The van der Waals surface area contributed by atoms with Gasteiger partial charge < -0.3 is 10.2 Å². The Morgan fingerprint density at radius 2 is 1.54 bits per heavy atom. The maximum absolute atomic E-state index is 12.3. The molecule has 1 heterocycles. The third-order valence-corrected chi connectivity index (χ3v) is 5.70. The fraction of sp³-hybridized carbons (Fsp3) is 0.316. The molecule has 0 radical (unpaired) electrons. The van der Waals surface area contributed by atoms with Gasteiger partial charge in [0.2, 0.25) is 10.0 Å². The van der Waals surface area contributed by atoms with Crippen LogP contribution in [-0.4, -0.2) is 33.2 Å². The molecule has 1 amide bonds. The lowest BCUT2D eigenvalue weighted by molar-refractivity contribution is 0.102. The summed E-state index contributed by atoms with van der Waals surface area (Å²) in [5.74, 6) is -0.230. The zero-order valence-corrected chi connectivity index (χ0v) is 15.6. The number of anilines is 3. The fourth-order valence-corrected chi connectivity index (χ4v) is 3.52. The molecule has 2 aromatic rings. The summed E-state index contributed by atoms with van der Waals surface area (Å²) in [4.78, 5) is 14.7. The summed E-state index contributed by atoms with van der Waals surface area (Å²) in [5, 5.41) is 2.86. The van der Waals surface area contributed by atoms with Crippen LogP contribution >= 0.6 is 0 Å². The lowest BCUT2D eigenvalue weighted by Crippen LogP contribution is -2.17. The van der Waals surface area contributed by atoms with Crippen molar-refractivity contribution in [1.82, 2.24) is 0 Å². The van der Waals surface area contributed by atoms with E-state index in [0.717, 1.165) is 18.8 Å². The van der Waals surface area contributed by atoms with Gasteiger partial charge in [-0.2, -0.15) is 0 Å². The van der Waals surface area contributed by atoms with Crippen LogP contribution < -0.4 is 14.9 Å². The van der Waals surface area contributed by atoms with E-state index >= 15 is 0 Å². The zero-order chi connectivity index (χ0) is 18.6. The number of hydrogen-bond donors (Lipinski definition) is 2. The maximum Gasteiger partial charge on any atom is 0.255 e. The highest BCUT2D eigenvalue weighted by atomic mass is 32.2. The van der Waals surface area contributed by atoms with Crippen LogP contribution in [0.2, 0.25) is 0 Å². The summed E-state index contributed by atoms with van der Waals surface area (Å²) in [6.45, 7) is 3.73. The molecule has 0 saturated carbocycles. The maximum atomic E-state index is 12.3. The van der Waals surface area contributed by atoms with Crippen molar-refractivity contribution in [3.63, 3.8) is 0 Å². The molecule has 1 fully saturated rings. The van der Waals surface area contributed by atoms with Gasteiger partial charge in [-0.05, 0) is 68.3 Å². The van der Waals surface area contributed by atoms with Crippen molar-refractivity contribution in [2.45, 2.75) is 19.8 Å². The summed E-state index contributed by atoms with van der Waals surface area (Å²) in [6, 6.07) is 14.2. The van der Waals surface area contributed by atoms with E-state index in [1.807, 2.05) is 24.3 Å². The molecule has 1 saturated heterocycles. The molecule has 2 N–H and O–H groups in total. The van der Waals surface area contributed by atoms with E-state index in [0.29, 0.717) is 11.3 Å². The monoisotopic (exact) mass is 373 g/mol. The Morgan fingerprint density at radius 1 is 0.962 bits per heavy atom. The smallest absolute Gasteiger partial charge is 0.255 e. The molecular formula is C19H23N3O3S. The van der Waals surface area contributed by atoms with Crippen molar-refractivity contribution < 1.29 is 13.2 Å². The van der Waals surface area contributed by atoms with Crippen molar-refractivity contribution in [3.8, 4) is 0 Å². The van der Waals surface area contributed by atoms with E-state index in [4.69, 9.17) is 0 Å². The van der Waals surface area contributed by atoms with Gasteiger partial charge in [0.1, 0.15) is 0 Å². The van der Waals surface area contributed by atoms with Gasteiger partial charge in [-0.3, -0.25) is 9.52 Å². The van der Waals surface area contributed by atoms with E-state index < -0.39 is 10.0 Å². The summed E-state index contributed by atoms with van der Waals surface area (Å²) in [5.41, 5.74) is 2.81. The highest BCUT2D eigenvalue weighted by Crippen LogP contribution is 2.22. The molecule has 2 aromatic carbocycles. The molecule has 0 unspecified atom stereocenters. The Kier molecular flexibility index (Phi) is 5.46. The largest absolute Gasteiger partial charge is 0.372 e. The van der Waals surface area contributed by atoms with Gasteiger partial charge in [0.05, 0.1) is 5.75 Å². The number of nitrogens with one attached hydrogen (secondary N) is 2. The van der Waals surface area contributed by atoms with Crippen LogP contribution in [-0.2, 0) is 10.0 Å². The second-order valence-corrected chi connectivity index (χ2v) is 8.29. The average molecular weight is 373 g/mol. The number of carbonyl (C=O) groups excluding carboxylic acids is 1. The molecule has 0 atom stereocenters. The summed E-state index contributed by atoms with van der Waals surface area (Å²) in [6.07, 6.45) is 2.45. The number of benzene rings is 2. The fourth-order valence-electron chi connectivity index (χ4n) is 2.88. The van der Waals surface area contributed by atoms with E-state index in [-0.39, 0.29) is 11.7 Å². The van der Waals surface area contributed by atoms with Crippen LogP contribution in [0.1, 0.15) is 30.1 Å². The summed E-state index contributed by atoms with van der Waals surface area (Å²) < 4.78 is 25.6. The summed E-state index contributed by atoms with van der Waals surface area (Å²) >= 11 is 0. The minimum Gasteiger partial charge on any atom is -0.372 e. The second-order valence-electron chi connectivity index (χ2n) is 6.28. The lowest BCUT2D eigenvalue weighted by Gasteiger charge is -2.17. The Balaban J connectivity index is 1.62. The second kappa shape index (κ2) is 7.78. The van der Waals surface area contributed by atoms with Crippen LogP contribution in [0.3, 0.4) is 0 Å². The molecule has 0 aromatic heterocycles. The van der Waals surface area contributed by atoms with Crippen molar-refractivity contribution in [3.05, 3.63) is 54.1 Å². The van der Waals surface area contributed by atoms with Gasteiger partial charge >= 0.3 is 0 Å². The lowest BCUT2D eigenvalue weighted by atomic mass is 10.2. The standard InChI is InChI=1S/C19H23N3O3S/c1-2-26(24,25)21-17-7-5-15(6-8-17)19(23)20-16-9-11-18(12-10-16)22-13-3-4-14-22/h5-12,21H,2-4,13-14H2,1H3,(H,20,23). The Bertz CT molecular complexity index is 856. The molecule has 0 aliphatic carbocycles. The number of rotatable bonds is 6. The van der Waals surface area contributed by atoms with Crippen molar-refractivity contribution in [2.75, 3.05) is 33.8 Å². The van der Waals surface area contributed by atoms with Crippen LogP contribution in [0.25, 0.3) is 0 Å². The quantitative estimate of drug-likeness (QED) is 0.814. The normalized spacial score (nSPS) is 14.3. The molecule has 26 heavy (non-hydrogen) atoms. The van der Waals surface area contributed by atoms with Gasteiger partial charge in [-0.1, -0.05) is 0 Å². The molecule has 138 valence electrons. The first-order valence-electron chi connectivity index (χ1n) is 8.74. The van der Waals surface area contributed by atoms with E-state index in [1.54, 1.807) is 31.2 Å². The van der Waals surface area contributed by atoms with Crippen LogP contribution in [0, 0.1) is 0 Å². The van der Waals surface area contributed by atoms with Gasteiger partial charge in [0.15, 0.2) is 0 Å². The van der Waals surface area contributed by atoms with Crippen molar-refractivity contribution in [1.29, 1.82) is 0 Å². The van der Waals surface area contributed by atoms with Crippen LogP contribution in [0.15, 0.2) is 48.5 Å². The first kappa shape index (κ1) is 18.3. The number of carbonyl (C=O) groups is 1. The molecule has 6 nitrogen and oxygen atoms in total. The average Bonchev–Trinajstić information content (AvgIpc) is 3.17. The molecule has 0 bridgehead atoms. The van der Waals surface area contributed by atoms with Gasteiger partial charge in [0, 0.05) is 35.7 Å². The summed E-state index contributed by atoms with van der Waals surface area (Å²) in [7, 11) is -3.32. The first-order valence-corrected chi connectivity index (χ1v) is 10.4. The third-order valence-electron chi connectivity index (χ3n) is 4.40. The highest BCUT2D eigenvalue weighted by Gasteiger charge is 2.13. The zero-order valence-electron chi connectivity index (χ0n) is 14.7. The highest BCUT2D eigenvalue weighted by molar-refractivity contribution is 7.92. The SMILES string of the molecule is CCS(=O)(=O)Nc1ccc(C(=O)Nc2ccc(N3CCCC3)cc2)cc1. The molecule has 0 spiro atoms. The molecule has 1 aliphatic heterocycles. The Labute approximate surface area is 154 Å². The number of amides is 1. The third kappa shape index (κ3) is 4.54. The molecule has 3 rings (SSSR count). The first-order chi connectivity index (χ1) is 12.5. The van der Waals surface area contributed by atoms with Gasteiger partial charge in [-0.25, -0.2) is 8.42 Å². The molecule has 1 aliphatic rings. The van der Waals surface area contributed by atoms with Crippen LogP contribution in [0.4, 0.5) is 17.1 Å². The van der Waals surface area contributed by atoms with Crippen LogP contribution in [0.5, 0.6) is 0 Å². The van der Waals surface area contributed by atoms with E-state index in [1.165, 1.54) is 18.5 Å². The van der Waals surface area contributed by atoms with Crippen molar-refractivity contribution >= 4 is 33.0 Å². The van der Waals surface area contributed by atoms with E-state index in [9.17, 15) is 13.2 Å².